The smallest absolute Gasteiger partial charge is 0.308 e. The molecule has 0 radical (unpaired) electrons. The van der Waals surface area contributed by atoms with Crippen LogP contribution in [0.25, 0.3) is 0 Å². The number of hydrogen-bond donors (Lipinski definition) is 2. The summed E-state index contributed by atoms with van der Waals surface area (Å²) in [4.78, 5) is 36.4. The SMILES string of the molecule is CCOC(=O)CC(NC(=O)CCNC(=O)c1cccs1)c1ccc(F)cc1. The van der Waals surface area contributed by atoms with Crippen LogP contribution in [0.2, 0.25) is 0 Å². The average molecular weight is 392 g/mol. The number of carbonyl (C=O) groups excluding carboxylic acids is 3. The molecular formula is C19H21FN2O4S. The van der Waals surface area contributed by atoms with E-state index in [0.717, 1.165) is 0 Å². The van der Waals surface area contributed by atoms with E-state index in [9.17, 15) is 18.8 Å². The first-order valence-corrected chi connectivity index (χ1v) is 9.39. The number of amides is 2. The molecule has 0 saturated carbocycles. The predicted octanol–water partition coefficient (Wildman–Crippen LogP) is 2.82. The molecule has 2 amide bonds. The number of rotatable bonds is 9. The number of halogens is 1. The van der Waals surface area contributed by atoms with Gasteiger partial charge in [0, 0.05) is 13.0 Å². The van der Waals surface area contributed by atoms with Gasteiger partial charge in [0.05, 0.1) is 23.9 Å². The average Bonchev–Trinajstić information content (AvgIpc) is 3.17. The number of carbonyl (C=O) groups is 3. The zero-order valence-corrected chi connectivity index (χ0v) is 15.7. The Morgan fingerprint density at radius 3 is 2.56 bits per heavy atom. The third kappa shape index (κ3) is 6.82. The maximum absolute atomic E-state index is 13.1. The second-order valence-electron chi connectivity index (χ2n) is 5.66. The van der Waals surface area contributed by atoms with Gasteiger partial charge in [-0.2, -0.15) is 0 Å². The Balaban J connectivity index is 1.90. The largest absolute Gasteiger partial charge is 0.466 e. The van der Waals surface area contributed by atoms with E-state index in [-0.39, 0.29) is 37.8 Å². The summed E-state index contributed by atoms with van der Waals surface area (Å²) in [5.74, 6) is -1.44. The standard InChI is InChI=1S/C19H21FN2O4S/c1-2-26-18(24)12-15(13-5-7-14(20)8-6-13)22-17(23)9-10-21-19(25)16-4-3-11-27-16/h3-8,11,15H,2,9-10,12H2,1H3,(H,21,25)(H,22,23). The summed E-state index contributed by atoms with van der Waals surface area (Å²) in [6, 6.07) is 8.39. The number of ether oxygens (including phenoxy) is 1. The van der Waals surface area contributed by atoms with Crippen LogP contribution < -0.4 is 10.6 Å². The summed E-state index contributed by atoms with van der Waals surface area (Å²) in [5.41, 5.74) is 0.598. The van der Waals surface area contributed by atoms with Gasteiger partial charge in [-0.1, -0.05) is 18.2 Å². The van der Waals surface area contributed by atoms with Gasteiger partial charge in [0.2, 0.25) is 5.91 Å². The van der Waals surface area contributed by atoms with Gasteiger partial charge < -0.3 is 15.4 Å². The first-order chi connectivity index (χ1) is 13.0. The minimum absolute atomic E-state index is 0.0532. The van der Waals surface area contributed by atoms with E-state index in [1.54, 1.807) is 24.4 Å². The normalized spacial score (nSPS) is 11.5. The molecule has 0 aliphatic carbocycles. The molecule has 1 atom stereocenters. The fraction of sp³-hybridized carbons (Fsp3) is 0.316. The van der Waals surface area contributed by atoms with Crippen LogP contribution in [0.3, 0.4) is 0 Å². The van der Waals surface area contributed by atoms with Crippen LogP contribution in [0.1, 0.15) is 41.0 Å². The lowest BCUT2D eigenvalue weighted by Crippen LogP contribution is -2.34. The Labute approximate surface area is 160 Å². The van der Waals surface area contributed by atoms with E-state index in [1.807, 2.05) is 0 Å². The Kier molecular flexibility index (Phi) is 7.94. The van der Waals surface area contributed by atoms with Crippen molar-refractivity contribution in [2.45, 2.75) is 25.8 Å². The molecule has 0 aliphatic rings. The fourth-order valence-corrected chi connectivity index (χ4v) is 3.02. The zero-order valence-electron chi connectivity index (χ0n) is 14.9. The van der Waals surface area contributed by atoms with Crippen LogP contribution in [0, 0.1) is 5.82 Å². The molecule has 0 saturated heterocycles. The molecule has 0 aliphatic heterocycles. The van der Waals surface area contributed by atoms with Crippen molar-refractivity contribution in [3.05, 3.63) is 58.0 Å². The summed E-state index contributed by atoms with van der Waals surface area (Å²) in [6.45, 7) is 2.09. The molecule has 1 aromatic heterocycles. The van der Waals surface area contributed by atoms with Crippen molar-refractivity contribution in [3.8, 4) is 0 Å². The van der Waals surface area contributed by atoms with Crippen molar-refractivity contribution >= 4 is 29.1 Å². The second kappa shape index (κ2) is 10.4. The van der Waals surface area contributed by atoms with Gasteiger partial charge in [0.1, 0.15) is 5.82 Å². The van der Waals surface area contributed by atoms with Gasteiger partial charge in [-0.15, -0.1) is 11.3 Å². The van der Waals surface area contributed by atoms with Crippen molar-refractivity contribution in [2.24, 2.45) is 0 Å². The minimum atomic E-state index is -0.634. The molecule has 1 unspecified atom stereocenters. The number of thiophene rings is 1. The van der Waals surface area contributed by atoms with Crippen LogP contribution in [0.15, 0.2) is 41.8 Å². The predicted molar refractivity (Wildman–Crippen MR) is 99.8 cm³/mol. The molecule has 6 nitrogen and oxygen atoms in total. The van der Waals surface area contributed by atoms with Crippen LogP contribution in [-0.4, -0.2) is 30.9 Å². The topological polar surface area (TPSA) is 84.5 Å². The first kappa shape index (κ1) is 20.6. The van der Waals surface area contributed by atoms with Crippen LogP contribution in [-0.2, 0) is 14.3 Å². The van der Waals surface area contributed by atoms with E-state index in [4.69, 9.17) is 4.74 Å². The maximum Gasteiger partial charge on any atom is 0.308 e. The third-order valence-electron chi connectivity index (χ3n) is 3.67. The van der Waals surface area contributed by atoms with E-state index in [1.165, 1.54) is 35.6 Å². The van der Waals surface area contributed by atoms with Gasteiger partial charge in [-0.3, -0.25) is 14.4 Å². The summed E-state index contributed by atoms with van der Waals surface area (Å²) in [5, 5.41) is 7.20. The molecular weight excluding hydrogens is 371 g/mol. The van der Waals surface area contributed by atoms with Crippen molar-refractivity contribution in [3.63, 3.8) is 0 Å². The van der Waals surface area contributed by atoms with E-state index >= 15 is 0 Å². The first-order valence-electron chi connectivity index (χ1n) is 8.51. The fourth-order valence-electron chi connectivity index (χ4n) is 2.38. The maximum atomic E-state index is 13.1. The van der Waals surface area contributed by atoms with Crippen molar-refractivity contribution in [2.75, 3.05) is 13.2 Å². The zero-order chi connectivity index (χ0) is 19.6. The molecule has 1 aromatic carbocycles. The minimum Gasteiger partial charge on any atom is -0.466 e. The molecule has 144 valence electrons. The molecule has 27 heavy (non-hydrogen) atoms. The lowest BCUT2D eigenvalue weighted by atomic mass is 10.0. The molecule has 2 aromatic rings. The third-order valence-corrected chi connectivity index (χ3v) is 4.53. The highest BCUT2D eigenvalue weighted by Gasteiger charge is 2.19. The van der Waals surface area contributed by atoms with Crippen molar-refractivity contribution < 1.29 is 23.5 Å². The van der Waals surface area contributed by atoms with Crippen LogP contribution in [0.4, 0.5) is 4.39 Å². The summed E-state index contributed by atoms with van der Waals surface area (Å²) in [6.07, 6.45) is -0.00952. The van der Waals surface area contributed by atoms with Crippen molar-refractivity contribution in [1.82, 2.24) is 10.6 Å². The Morgan fingerprint density at radius 2 is 1.93 bits per heavy atom. The quantitative estimate of drug-likeness (QED) is 0.643. The molecule has 0 spiro atoms. The lowest BCUT2D eigenvalue weighted by molar-refractivity contribution is -0.143. The number of esters is 1. The second-order valence-corrected chi connectivity index (χ2v) is 6.61. The number of hydrogen-bond acceptors (Lipinski definition) is 5. The molecule has 0 fully saturated rings. The van der Waals surface area contributed by atoms with Gasteiger partial charge in [-0.05, 0) is 36.1 Å². The summed E-state index contributed by atoms with van der Waals surface area (Å²) >= 11 is 1.32. The molecule has 2 N–H and O–H groups in total. The monoisotopic (exact) mass is 392 g/mol. The summed E-state index contributed by atoms with van der Waals surface area (Å²) < 4.78 is 18.1. The highest BCUT2D eigenvalue weighted by molar-refractivity contribution is 7.12. The Morgan fingerprint density at radius 1 is 1.19 bits per heavy atom. The Bertz CT molecular complexity index is 763. The summed E-state index contributed by atoms with van der Waals surface area (Å²) in [7, 11) is 0. The van der Waals surface area contributed by atoms with Gasteiger partial charge in [0.25, 0.3) is 5.91 Å². The Hall–Kier alpha value is -2.74. The van der Waals surface area contributed by atoms with Gasteiger partial charge >= 0.3 is 5.97 Å². The van der Waals surface area contributed by atoms with Crippen molar-refractivity contribution in [1.29, 1.82) is 0 Å². The number of benzene rings is 1. The van der Waals surface area contributed by atoms with E-state index in [0.29, 0.717) is 10.4 Å². The molecule has 1 heterocycles. The molecule has 2 rings (SSSR count). The van der Waals surface area contributed by atoms with Gasteiger partial charge in [-0.25, -0.2) is 4.39 Å². The molecule has 8 heteroatoms. The lowest BCUT2D eigenvalue weighted by Gasteiger charge is -2.18. The van der Waals surface area contributed by atoms with Crippen LogP contribution >= 0.6 is 11.3 Å². The van der Waals surface area contributed by atoms with E-state index in [2.05, 4.69) is 10.6 Å². The highest BCUT2D eigenvalue weighted by Crippen LogP contribution is 2.18. The highest BCUT2D eigenvalue weighted by atomic mass is 32.1. The molecule has 0 bridgehead atoms. The van der Waals surface area contributed by atoms with Crippen LogP contribution in [0.5, 0.6) is 0 Å². The van der Waals surface area contributed by atoms with E-state index < -0.39 is 17.8 Å². The van der Waals surface area contributed by atoms with Gasteiger partial charge in [0.15, 0.2) is 0 Å². The number of nitrogens with one attached hydrogen (secondary N) is 2.